The number of nitrogens with one attached hydrogen (secondary N) is 2. The molecule has 3 N–H and O–H groups in total. The minimum Gasteiger partial charge on any atom is -0.505 e. The summed E-state index contributed by atoms with van der Waals surface area (Å²) in [6, 6.07) is 12.2. The molecule has 0 aliphatic carbocycles. The van der Waals surface area contributed by atoms with Crippen LogP contribution in [0.1, 0.15) is 27.3 Å². The SMILES string of the molecule is Br.O=C1CNCc2nc(Cc3ccc(O)c(F)c3)c3[nH]c4ccccc4c3c21. The summed E-state index contributed by atoms with van der Waals surface area (Å²) in [6.07, 6.45) is 0.391. The summed E-state index contributed by atoms with van der Waals surface area (Å²) in [4.78, 5) is 20.7. The van der Waals surface area contributed by atoms with Crippen LogP contribution in [0.25, 0.3) is 21.8 Å². The second-order valence-electron chi connectivity index (χ2n) is 6.79. The monoisotopic (exact) mass is 441 g/mol. The molecule has 28 heavy (non-hydrogen) atoms. The first-order valence-corrected chi connectivity index (χ1v) is 8.75. The van der Waals surface area contributed by atoms with Crippen molar-refractivity contribution >= 4 is 44.6 Å². The van der Waals surface area contributed by atoms with Crippen LogP contribution in [0.3, 0.4) is 0 Å². The van der Waals surface area contributed by atoms with E-state index in [9.17, 15) is 14.3 Å². The molecule has 7 heteroatoms. The van der Waals surface area contributed by atoms with Gasteiger partial charge in [0.05, 0.1) is 29.0 Å². The molecule has 0 saturated carbocycles. The highest BCUT2D eigenvalue weighted by Gasteiger charge is 2.25. The number of H-pyrrole nitrogens is 1. The number of aromatic hydroxyl groups is 1. The van der Waals surface area contributed by atoms with Gasteiger partial charge in [0.25, 0.3) is 0 Å². The van der Waals surface area contributed by atoms with Crippen molar-refractivity contribution in [2.75, 3.05) is 6.54 Å². The van der Waals surface area contributed by atoms with E-state index in [1.54, 1.807) is 6.07 Å². The number of nitrogens with zero attached hydrogens (tertiary/aromatic N) is 1. The summed E-state index contributed by atoms with van der Waals surface area (Å²) in [5.41, 5.74) is 4.58. The quantitative estimate of drug-likeness (QED) is 0.439. The molecule has 2 aromatic carbocycles. The van der Waals surface area contributed by atoms with E-state index in [4.69, 9.17) is 4.98 Å². The Bertz CT molecular complexity index is 1240. The number of hydrogen-bond acceptors (Lipinski definition) is 4. The van der Waals surface area contributed by atoms with E-state index in [0.717, 1.165) is 33.2 Å². The fourth-order valence-electron chi connectivity index (χ4n) is 3.83. The minimum absolute atomic E-state index is 0. The smallest absolute Gasteiger partial charge is 0.179 e. The van der Waals surface area contributed by atoms with Crippen LogP contribution < -0.4 is 5.32 Å². The third kappa shape index (κ3) is 2.87. The van der Waals surface area contributed by atoms with Crippen LogP contribution in [0.4, 0.5) is 4.39 Å². The van der Waals surface area contributed by atoms with Crippen LogP contribution in [-0.2, 0) is 13.0 Å². The Balaban J connectivity index is 0.00000192. The van der Waals surface area contributed by atoms with E-state index in [1.807, 2.05) is 24.3 Å². The van der Waals surface area contributed by atoms with Gasteiger partial charge in [0.2, 0.25) is 0 Å². The van der Waals surface area contributed by atoms with E-state index in [1.165, 1.54) is 12.1 Å². The molecule has 0 bridgehead atoms. The van der Waals surface area contributed by atoms with Crippen LogP contribution in [-0.4, -0.2) is 27.4 Å². The molecule has 0 saturated heterocycles. The number of aromatic nitrogens is 2. The number of fused-ring (bicyclic) bond motifs is 5. The Morgan fingerprint density at radius 3 is 2.79 bits per heavy atom. The molecule has 5 rings (SSSR count). The molecule has 0 fully saturated rings. The number of carbonyl (C=O) groups is 1. The molecule has 0 unspecified atom stereocenters. The zero-order chi connectivity index (χ0) is 18.5. The van der Waals surface area contributed by atoms with Crippen molar-refractivity contribution in [3.63, 3.8) is 0 Å². The number of rotatable bonds is 2. The molecular formula is C21H17BrFN3O2. The topological polar surface area (TPSA) is 78.0 Å². The predicted octanol–water partition coefficient (Wildman–Crippen LogP) is 4.02. The lowest BCUT2D eigenvalue weighted by Gasteiger charge is -2.18. The van der Waals surface area contributed by atoms with Crippen molar-refractivity contribution in [2.24, 2.45) is 0 Å². The van der Waals surface area contributed by atoms with Crippen molar-refractivity contribution in [3.8, 4) is 5.75 Å². The lowest BCUT2D eigenvalue weighted by atomic mass is 9.96. The van der Waals surface area contributed by atoms with Crippen molar-refractivity contribution < 1.29 is 14.3 Å². The van der Waals surface area contributed by atoms with Crippen LogP contribution in [0.2, 0.25) is 0 Å². The van der Waals surface area contributed by atoms with E-state index >= 15 is 0 Å². The van der Waals surface area contributed by atoms with E-state index in [-0.39, 0.29) is 28.5 Å². The van der Waals surface area contributed by atoms with Gasteiger partial charge in [0, 0.05) is 29.3 Å². The van der Waals surface area contributed by atoms with Gasteiger partial charge in [-0.05, 0) is 23.8 Å². The van der Waals surface area contributed by atoms with E-state index in [2.05, 4.69) is 10.3 Å². The van der Waals surface area contributed by atoms with Crippen LogP contribution in [0.5, 0.6) is 5.75 Å². The third-order valence-corrected chi connectivity index (χ3v) is 5.04. The largest absolute Gasteiger partial charge is 0.505 e. The summed E-state index contributed by atoms with van der Waals surface area (Å²) in [5.74, 6) is -1.00. The van der Waals surface area contributed by atoms with Gasteiger partial charge in [0.1, 0.15) is 0 Å². The average molecular weight is 442 g/mol. The molecule has 0 atom stereocenters. The van der Waals surface area contributed by atoms with Gasteiger partial charge in [-0.25, -0.2) is 4.39 Å². The second kappa shape index (κ2) is 7.00. The Hall–Kier alpha value is -2.77. The van der Waals surface area contributed by atoms with Gasteiger partial charge in [-0.1, -0.05) is 24.3 Å². The molecule has 2 aromatic heterocycles. The third-order valence-electron chi connectivity index (χ3n) is 5.04. The van der Waals surface area contributed by atoms with Crippen LogP contribution >= 0.6 is 17.0 Å². The Morgan fingerprint density at radius 2 is 1.96 bits per heavy atom. The first kappa shape index (κ1) is 18.6. The lowest BCUT2D eigenvalue weighted by molar-refractivity contribution is 0.0983. The van der Waals surface area contributed by atoms with Crippen LogP contribution in [0.15, 0.2) is 42.5 Å². The maximum atomic E-state index is 13.8. The number of halogens is 2. The van der Waals surface area contributed by atoms with Crippen molar-refractivity contribution in [3.05, 3.63) is 70.8 Å². The minimum atomic E-state index is -0.657. The fraction of sp³-hybridized carbons (Fsp3) is 0.143. The summed E-state index contributed by atoms with van der Waals surface area (Å²) < 4.78 is 13.8. The Morgan fingerprint density at radius 1 is 1.14 bits per heavy atom. The molecule has 0 spiro atoms. The Kier molecular flexibility index (Phi) is 4.64. The number of carbonyl (C=O) groups excluding carboxylic acids is 1. The summed E-state index contributed by atoms with van der Waals surface area (Å²) in [6.45, 7) is 0.819. The maximum absolute atomic E-state index is 13.8. The molecule has 142 valence electrons. The molecular weight excluding hydrogens is 425 g/mol. The average Bonchev–Trinajstić information content (AvgIpc) is 3.05. The van der Waals surface area contributed by atoms with Gasteiger partial charge in [0.15, 0.2) is 17.3 Å². The number of para-hydroxylation sites is 1. The second-order valence-corrected chi connectivity index (χ2v) is 6.79. The Labute approximate surface area is 170 Å². The van der Waals surface area contributed by atoms with Gasteiger partial charge in [-0.3, -0.25) is 9.78 Å². The first-order chi connectivity index (χ1) is 13.1. The fourth-order valence-corrected chi connectivity index (χ4v) is 3.83. The summed E-state index contributed by atoms with van der Waals surface area (Å²) in [5, 5.41) is 14.4. The van der Waals surface area contributed by atoms with Crippen molar-refractivity contribution in [2.45, 2.75) is 13.0 Å². The predicted molar refractivity (Wildman–Crippen MR) is 111 cm³/mol. The highest BCUT2D eigenvalue weighted by atomic mass is 79.9. The van der Waals surface area contributed by atoms with Crippen molar-refractivity contribution in [1.82, 2.24) is 15.3 Å². The summed E-state index contributed by atoms with van der Waals surface area (Å²) in [7, 11) is 0. The highest BCUT2D eigenvalue weighted by molar-refractivity contribution is 8.93. The van der Waals surface area contributed by atoms with Crippen molar-refractivity contribution in [1.29, 1.82) is 0 Å². The summed E-state index contributed by atoms with van der Waals surface area (Å²) >= 11 is 0. The molecule has 1 aliphatic heterocycles. The number of Topliss-reactive ketones (excluding diaryl/α,β-unsaturated/α-hetero) is 1. The number of benzene rings is 2. The number of hydrogen-bond donors (Lipinski definition) is 3. The lowest BCUT2D eigenvalue weighted by Crippen LogP contribution is -2.31. The normalized spacial score (nSPS) is 13.5. The zero-order valence-corrected chi connectivity index (χ0v) is 16.5. The standard InChI is InChI=1S/C21H16FN3O2.BrH/c22-13-7-11(5-6-17(13)26)8-15-21-19(12-3-1-2-4-14(12)25-21)20-16(24-15)9-23-10-18(20)27;/h1-7,23,25-26H,8-10H2;1H. The number of ketones is 1. The maximum Gasteiger partial charge on any atom is 0.179 e. The molecule has 1 aliphatic rings. The zero-order valence-electron chi connectivity index (χ0n) is 14.8. The molecule has 0 amide bonds. The van der Waals surface area contributed by atoms with Gasteiger partial charge < -0.3 is 15.4 Å². The molecule has 3 heterocycles. The van der Waals surface area contributed by atoms with Gasteiger partial charge >= 0.3 is 0 Å². The number of aromatic amines is 1. The number of phenols is 1. The van der Waals surface area contributed by atoms with E-state index < -0.39 is 5.82 Å². The van der Waals surface area contributed by atoms with E-state index in [0.29, 0.717) is 30.6 Å². The number of phenolic OH excluding ortho intramolecular Hbond substituents is 1. The first-order valence-electron chi connectivity index (χ1n) is 8.75. The number of pyridine rings is 1. The highest BCUT2D eigenvalue weighted by Crippen LogP contribution is 2.34. The molecule has 4 aromatic rings. The van der Waals surface area contributed by atoms with Gasteiger partial charge in [-0.15, -0.1) is 17.0 Å². The van der Waals surface area contributed by atoms with Crippen LogP contribution in [0, 0.1) is 5.82 Å². The molecule has 0 radical (unpaired) electrons. The van der Waals surface area contributed by atoms with Gasteiger partial charge in [-0.2, -0.15) is 0 Å². The molecule has 5 nitrogen and oxygen atoms in total.